The highest BCUT2D eigenvalue weighted by Gasteiger charge is 2.31. The van der Waals surface area contributed by atoms with Gasteiger partial charge in [0.25, 0.3) is 5.91 Å². The minimum atomic E-state index is -0.204. The standard InChI is InChI=1S/C23H28FN3O/c1-17-3-4-20(15-22(17)24)18-5-7-19(8-6-18)23(28)27-10-9-21(16-27)26-13-11-25(2)12-14-26/h3-8,15,21H,9-14,16H2,1-2H3/t21-/m1/s1. The summed E-state index contributed by atoms with van der Waals surface area (Å²) in [4.78, 5) is 19.8. The maximum Gasteiger partial charge on any atom is 0.253 e. The van der Waals surface area contributed by atoms with Gasteiger partial charge in [-0.25, -0.2) is 4.39 Å². The van der Waals surface area contributed by atoms with Gasteiger partial charge >= 0.3 is 0 Å². The molecule has 5 heteroatoms. The van der Waals surface area contributed by atoms with Crippen LogP contribution in [0.4, 0.5) is 4.39 Å². The quantitative estimate of drug-likeness (QED) is 0.817. The smallest absolute Gasteiger partial charge is 0.253 e. The van der Waals surface area contributed by atoms with Gasteiger partial charge in [-0.15, -0.1) is 0 Å². The molecule has 2 fully saturated rings. The molecule has 4 nitrogen and oxygen atoms in total. The number of rotatable bonds is 3. The third-order valence-corrected chi connectivity index (χ3v) is 6.14. The Labute approximate surface area is 166 Å². The normalized spacial score (nSPS) is 21.2. The number of piperazine rings is 1. The lowest BCUT2D eigenvalue weighted by atomic mass is 10.0. The average Bonchev–Trinajstić information content (AvgIpc) is 3.20. The zero-order chi connectivity index (χ0) is 19.7. The van der Waals surface area contributed by atoms with Crippen molar-refractivity contribution in [2.24, 2.45) is 0 Å². The average molecular weight is 381 g/mol. The maximum absolute atomic E-state index is 13.8. The molecule has 1 atom stereocenters. The van der Waals surface area contributed by atoms with Crippen LogP contribution in [0.15, 0.2) is 42.5 Å². The number of nitrogens with zero attached hydrogens (tertiary/aromatic N) is 3. The number of carbonyl (C=O) groups excluding carboxylic acids is 1. The summed E-state index contributed by atoms with van der Waals surface area (Å²) in [5, 5.41) is 0. The van der Waals surface area contributed by atoms with Crippen LogP contribution in [-0.2, 0) is 0 Å². The van der Waals surface area contributed by atoms with E-state index in [1.54, 1.807) is 19.1 Å². The van der Waals surface area contributed by atoms with Crippen molar-refractivity contribution in [2.75, 3.05) is 46.3 Å². The third kappa shape index (κ3) is 3.96. The first kappa shape index (κ1) is 19.1. The molecule has 4 rings (SSSR count). The van der Waals surface area contributed by atoms with E-state index in [0.29, 0.717) is 17.2 Å². The predicted molar refractivity (Wildman–Crippen MR) is 110 cm³/mol. The van der Waals surface area contributed by atoms with Crippen LogP contribution in [-0.4, -0.2) is 73.0 Å². The molecule has 0 radical (unpaired) electrons. The summed E-state index contributed by atoms with van der Waals surface area (Å²) in [5.41, 5.74) is 3.10. The van der Waals surface area contributed by atoms with Crippen molar-refractivity contribution in [3.8, 4) is 11.1 Å². The van der Waals surface area contributed by atoms with Gasteiger partial charge in [0.05, 0.1) is 0 Å². The fourth-order valence-corrected chi connectivity index (χ4v) is 4.17. The molecule has 148 valence electrons. The Morgan fingerprint density at radius 3 is 2.32 bits per heavy atom. The van der Waals surface area contributed by atoms with Gasteiger partial charge in [0.1, 0.15) is 5.82 Å². The molecule has 2 aliphatic heterocycles. The Morgan fingerprint density at radius 1 is 0.964 bits per heavy atom. The SMILES string of the molecule is Cc1ccc(-c2ccc(C(=O)N3CC[C@@H](N4CCN(C)CC4)C3)cc2)cc1F. The lowest BCUT2D eigenvalue weighted by Crippen LogP contribution is -2.50. The minimum Gasteiger partial charge on any atom is -0.337 e. The molecule has 2 saturated heterocycles. The number of hydrogen-bond acceptors (Lipinski definition) is 3. The van der Waals surface area contributed by atoms with Crippen LogP contribution in [0.1, 0.15) is 22.3 Å². The predicted octanol–water partition coefficient (Wildman–Crippen LogP) is 3.26. The van der Waals surface area contributed by atoms with Crippen LogP contribution >= 0.6 is 0 Å². The Hall–Kier alpha value is -2.24. The molecule has 0 bridgehead atoms. The number of aryl methyl sites for hydroxylation is 1. The highest BCUT2D eigenvalue weighted by molar-refractivity contribution is 5.95. The molecular formula is C23H28FN3O. The van der Waals surface area contributed by atoms with Crippen LogP contribution in [0.2, 0.25) is 0 Å². The molecule has 0 aromatic heterocycles. The lowest BCUT2D eigenvalue weighted by molar-refractivity contribution is 0.0755. The number of carbonyl (C=O) groups is 1. The van der Waals surface area contributed by atoms with Gasteiger partial charge in [-0.1, -0.05) is 24.3 Å². The van der Waals surface area contributed by atoms with Crippen LogP contribution in [0.3, 0.4) is 0 Å². The molecule has 0 unspecified atom stereocenters. The van der Waals surface area contributed by atoms with Crippen molar-refractivity contribution in [1.29, 1.82) is 0 Å². The van der Waals surface area contributed by atoms with Crippen LogP contribution in [0.25, 0.3) is 11.1 Å². The summed E-state index contributed by atoms with van der Waals surface area (Å²) >= 11 is 0. The van der Waals surface area contributed by atoms with Gasteiger partial charge in [-0.05, 0) is 55.3 Å². The van der Waals surface area contributed by atoms with Gasteiger partial charge in [0.2, 0.25) is 0 Å². The molecule has 0 aliphatic carbocycles. The van der Waals surface area contributed by atoms with E-state index in [4.69, 9.17) is 0 Å². The number of amides is 1. The van der Waals surface area contributed by atoms with E-state index in [9.17, 15) is 9.18 Å². The number of hydrogen-bond donors (Lipinski definition) is 0. The second-order valence-corrected chi connectivity index (χ2v) is 8.07. The van der Waals surface area contributed by atoms with E-state index >= 15 is 0 Å². The molecular weight excluding hydrogens is 353 g/mol. The van der Waals surface area contributed by atoms with Gasteiger partial charge < -0.3 is 9.80 Å². The molecule has 0 N–H and O–H groups in total. The molecule has 2 heterocycles. The van der Waals surface area contributed by atoms with Crippen molar-refractivity contribution >= 4 is 5.91 Å². The Bertz CT molecular complexity index is 843. The molecule has 28 heavy (non-hydrogen) atoms. The molecule has 1 amide bonds. The van der Waals surface area contributed by atoms with Crippen LogP contribution in [0.5, 0.6) is 0 Å². The van der Waals surface area contributed by atoms with Gasteiger partial charge in [0, 0.05) is 50.9 Å². The highest BCUT2D eigenvalue weighted by atomic mass is 19.1. The monoisotopic (exact) mass is 381 g/mol. The molecule has 2 aromatic rings. The maximum atomic E-state index is 13.8. The second-order valence-electron chi connectivity index (χ2n) is 8.07. The number of halogens is 1. The summed E-state index contributed by atoms with van der Waals surface area (Å²) in [6.07, 6.45) is 1.05. The topological polar surface area (TPSA) is 26.8 Å². The molecule has 2 aromatic carbocycles. The Kier molecular flexibility index (Phi) is 5.47. The van der Waals surface area contributed by atoms with Crippen molar-refractivity contribution in [2.45, 2.75) is 19.4 Å². The van der Waals surface area contributed by atoms with Crippen LogP contribution < -0.4 is 0 Å². The van der Waals surface area contributed by atoms with Crippen molar-refractivity contribution in [1.82, 2.24) is 14.7 Å². The van der Waals surface area contributed by atoms with E-state index in [0.717, 1.165) is 56.8 Å². The van der Waals surface area contributed by atoms with Crippen molar-refractivity contribution in [3.05, 3.63) is 59.4 Å². The summed E-state index contributed by atoms with van der Waals surface area (Å²) in [5.74, 6) is -0.108. The number of likely N-dealkylation sites (N-methyl/N-ethyl adjacent to an activating group) is 1. The highest BCUT2D eigenvalue weighted by Crippen LogP contribution is 2.24. The fraction of sp³-hybridized carbons (Fsp3) is 0.435. The molecule has 2 aliphatic rings. The zero-order valence-electron chi connectivity index (χ0n) is 16.7. The van der Waals surface area contributed by atoms with E-state index in [1.165, 1.54) is 0 Å². The summed E-state index contributed by atoms with van der Waals surface area (Å²) in [7, 11) is 2.16. The lowest BCUT2D eigenvalue weighted by Gasteiger charge is -2.36. The second kappa shape index (κ2) is 8.02. The third-order valence-electron chi connectivity index (χ3n) is 6.14. The molecule has 0 saturated carbocycles. The minimum absolute atomic E-state index is 0.0956. The fourth-order valence-electron chi connectivity index (χ4n) is 4.17. The van der Waals surface area contributed by atoms with E-state index in [2.05, 4.69) is 16.8 Å². The van der Waals surface area contributed by atoms with Gasteiger partial charge in [0.15, 0.2) is 0 Å². The summed E-state index contributed by atoms with van der Waals surface area (Å²) in [6, 6.07) is 13.3. The van der Waals surface area contributed by atoms with E-state index in [1.807, 2.05) is 35.2 Å². The number of benzene rings is 2. The first-order valence-corrected chi connectivity index (χ1v) is 10.1. The largest absolute Gasteiger partial charge is 0.337 e. The first-order chi connectivity index (χ1) is 13.5. The summed E-state index contributed by atoms with van der Waals surface area (Å²) in [6.45, 7) is 7.77. The van der Waals surface area contributed by atoms with E-state index < -0.39 is 0 Å². The Balaban J connectivity index is 1.40. The Morgan fingerprint density at radius 2 is 1.64 bits per heavy atom. The van der Waals surface area contributed by atoms with Crippen molar-refractivity contribution < 1.29 is 9.18 Å². The van der Waals surface area contributed by atoms with Gasteiger partial charge in [-0.2, -0.15) is 0 Å². The number of likely N-dealkylation sites (tertiary alicyclic amines) is 1. The van der Waals surface area contributed by atoms with E-state index in [-0.39, 0.29) is 11.7 Å². The van der Waals surface area contributed by atoms with Crippen molar-refractivity contribution in [3.63, 3.8) is 0 Å². The summed E-state index contributed by atoms with van der Waals surface area (Å²) < 4.78 is 13.8. The molecule has 0 spiro atoms. The zero-order valence-corrected chi connectivity index (χ0v) is 16.7. The van der Waals surface area contributed by atoms with Gasteiger partial charge in [-0.3, -0.25) is 9.69 Å². The first-order valence-electron chi connectivity index (χ1n) is 10.1. The van der Waals surface area contributed by atoms with Crippen LogP contribution in [0, 0.1) is 12.7 Å².